The lowest BCUT2D eigenvalue weighted by Gasteiger charge is -2.37. The summed E-state index contributed by atoms with van der Waals surface area (Å²) in [5.41, 5.74) is 1.76. The van der Waals surface area contributed by atoms with Gasteiger partial charge in [-0.2, -0.15) is 0 Å². The summed E-state index contributed by atoms with van der Waals surface area (Å²) in [6, 6.07) is 7.11. The van der Waals surface area contributed by atoms with Crippen LogP contribution >= 0.6 is 0 Å². The largest absolute Gasteiger partial charge is 0.481 e. The number of nitrogens with one attached hydrogen (secondary N) is 2. The maximum Gasteiger partial charge on any atom is 0.235 e. The van der Waals surface area contributed by atoms with Gasteiger partial charge in [0.1, 0.15) is 18.0 Å². The minimum atomic E-state index is -0.185. The Labute approximate surface area is 207 Å². The maximum absolute atomic E-state index is 13.8. The highest BCUT2D eigenvalue weighted by Gasteiger charge is 2.30. The molecule has 1 aliphatic carbocycles. The highest BCUT2D eigenvalue weighted by atomic mass is 19.1. The van der Waals surface area contributed by atoms with Gasteiger partial charge >= 0.3 is 0 Å². The van der Waals surface area contributed by atoms with Crippen LogP contribution < -0.4 is 21.2 Å². The zero-order valence-electron chi connectivity index (χ0n) is 21.1. The van der Waals surface area contributed by atoms with E-state index in [2.05, 4.69) is 27.5 Å². The molecule has 2 aromatic rings. The molecule has 0 bridgehead atoms. The maximum atomic E-state index is 13.8. The number of nitrogens with two attached hydrogens (primary N) is 1. The van der Waals surface area contributed by atoms with Crippen molar-refractivity contribution in [2.75, 3.05) is 32.1 Å². The Balaban J connectivity index is 1.53. The number of hydrogen-bond donors (Lipinski definition) is 3. The van der Waals surface area contributed by atoms with Crippen molar-refractivity contribution < 1.29 is 13.9 Å². The first-order valence-corrected chi connectivity index (χ1v) is 12.5. The fraction of sp³-hybridized carbons (Fsp3) is 0.577. The van der Waals surface area contributed by atoms with Gasteiger partial charge in [0.25, 0.3) is 0 Å². The first-order valence-electron chi connectivity index (χ1n) is 12.5. The van der Waals surface area contributed by atoms with E-state index >= 15 is 0 Å². The van der Waals surface area contributed by atoms with E-state index in [-0.39, 0.29) is 30.2 Å². The van der Waals surface area contributed by atoms with E-state index in [1.807, 2.05) is 12.1 Å². The van der Waals surface area contributed by atoms with Crippen LogP contribution in [0.4, 0.5) is 10.2 Å². The molecule has 1 aromatic heterocycles. The third kappa shape index (κ3) is 8.14. The summed E-state index contributed by atoms with van der Waals surface area (Å²) in [6.45, 7) is 5.05. The van der Waals surface area contributed by atoms with Gasteiger partial charge in [-0.3, -0.25) is 10.6 Å². The lowest BCUT2D eigenvalue weighted by Crippen LogP contribution is -2.51. The molecular formula is C26H39FN6O2. The van der Waals surface area contributed by atoms with Crippen molar-refractivity contribution in [1.29, 1.82) is 0 Å². The third-order valence-corrected chi connectivity index (χ3v) is 6.90. The molecule has 8 nitrogen and oxygen atoms in total. The van der Waals surface area contributed by atoms with Crippen LogP contribution in [0.3, 0.4) is 0 Å². The normalized spacial score (nSPS) is 16.1. The molecule has 0 spiro atoms. The van der Waals surface area contributed by atoms with Crippen LogP contribution in [0.5, 0.6) is 5.88 Å². The Morgan fingerprint density at radius 1 is 1.23 bits per heavy atom. The first-order chi connectivity index (χ1) is 16.9. The van der Waals surface area contributed by atoms with Gasteiger partial charge in [0.2, 0.25) is 11.8 Å². The molecule has 35 heavy (non-hydrogen) atoms. The molecule has 192 valence electrons. The van der Waals surface area contributed by atoms with E-state index in [9.17, 15) is 9.18 Å². The Kier molecular flexibility index (Phi) is 10.2. The Hall–Kier alpha value is -2.78. The second-order valence-corrected chi connectivity index (χ2v) is 9.51. The van der Waals surface area contributed by atoms with E-state index in [1.54, 1.807) is 25.1 Å². The quantitative estimate of drug-likeness (QED) is 0.238. The van der Waals surface area contributed by atoms with Crippen molar-refractivity contribution in [3.63, 3.8) is 0 Å². The number of hydrazine groups is 1. The average Bonchev–Trinajstić information content (AvgIpc) is 2.87. The molecule has 3 rings (SSSR count). The number of nitrogens with zero attached hydrogens (tertiary/aromatic N) is 3. The Morgan fingerprint density at radius 2 is 2.00 bits per heavy atom. The Morgan fingerprint density at radius 3 is 2.71 bits per heavy atom. The van der Waals surface area contributed by atoms with Crippen LogP contribution in [-0.4, -0.2) is 53.7 Å². The van der Waals surface area contributed by atoms with Crippen molar-refractivity contribution in [1.82, 2.24) is 20.3 Å². The minimum absolute atomic E-state index is 0.0908. The summed E-state index contributed by atoms with van der Waals surface area (Å²) in [4.78, 5) is 20.7. The minimum Gasteiger partial charge on any atom is -0.481 e. The van der Waals surface area contributed by atoms with Crippen molar-refractivity contribution in [2.24, 2.45) is 11.8 Å². The first kappa shape index (κ1) is 26.8. The monoisotopic (exact) mass is 486 g/mol. The van der Waals surface area contributed by atoms with Gasteiger partial charge in [0.05, 0.1) is 13.7 Å². The number of aryl methyl sites for hydroxylation is 1. The number of benzene rings is 1. The lowest BCUT2D eigenvalue weighted by atomic mass is 9.79. The highest BCUT2D eigenvalue weighted by Crippen LogP contribution is 2.34. The molecule has 1 heterocycles. The predicted octanol–water partition coefficient (Wildman–Crippen LogP) is 3.78. The predicted molar refractivity (Wildman–Crippen MR) is 136 cm³/mol. The van der Waals surface area contributed by atoms with Crippen LogP contribution in [-0.2, 0) is 4.79 Å². The van der Waals surface area contributed by atoms with Crippen LogP contribution in [0.15, 0.2) is 30.6 Å². The zero-order valence-corrected chi connectivity index (χ0v) is 21.1. The number of ether oxygens (including phenoxy) is 1. The molecule has 0 radical (unpaired) electrons. The van der Waals surface area contributed by atoms with E-state index in [0.29, 0.717) is 36.3 Å². The number of aromatic nitrogens is 2. The Bertz CT molecular complexity index is 953. The number of anilines is 1. The van der Waals surface area contributed by atoms with E-state index in [1.165, 1.54) is 31.7 Å². The molecule has 1 aromatic carbocycles. The van der Waals surface area contributed by atoms with E-state index in [4.69, 9.17) is 10.6 Å². The second kappa shape index (κ2) is 13.3. The molecule has 1 amide bonds. The lowest BCUT2D eigenvalue weighted by molar-refractivity contribution is -0.123. The third-order valence-electron chi connectivity index (χ3n) is 6.90. The van der Waals surface area contributed by atoms with Crippen LogP contribution in [0.1, 0.15) is 62.5 Å². The molecule has 2 unspecified atom stereocenters. The van der Waals surface area contributed by atoms with Gasteiger partial charge in [-0.05, 0) is 55.2 Å². The van der Waals surface area contributed by atoms with E-state index < -0.39 is 0 Å². The molecule has 2 atom stereocenters. The van der Waals surface area contributed by atoms with Crippen LogP contribution in [0, 0.1) is 18.7 Å². The van der Waals surface area contributed by atoms with Crippen LogP contribution in [0.2, 0.25) is 0 Å². The summed E-state index contributed by atoms with van der Waals surface area (Å²) >= 11 is 0. The smallest absolute Gasteiger partial charge is 0.235 e. The van der Waals surface area contributed by atoms with Gasteiger partial charge in [-0.1, -0.05) is 38.3 Å². The van der Waals surface area contributed by atoms with Gasteiger partial charge in [0.15, 0.2) is 0 Å². The summed E-state index contributed by atoms with van der Waals surface area (Å²) in [5, 5.41) is 7.79. The van der Waals surface area contributed by atoms with Crippen molar-refractivity contribution >= 4 is 11.7 Å². The fourth-order valence-corrected chi connectivity index (χ4v) is 4.87. The van der Waals surface area contributed by atoms with Gasteiger partial charge in [-0.25, -0.2) is 19.4 Å². The molecular weight excluding hydrogens is 447 g/mol. The molecule has 9 heteroatoms. The summed E-state index contributed by atoms with van der Waals surface area (Å²) in [6.07, 6.45) is 8.16. The molecule has 0 aliphatic heterocycles. The van der Waals surface area contributed by atoms with Crippen molar-refractivity contribution in [3.8, 4) is 5.88 Å². The summed E-state index contributed by atoms with van der Waals surface area (Å²) in [7, 11) is 1.55. The summed E-state index contributed by atoms with van der Waals surface area (Å²) in [5.74, 6) is 8.01. The highest BCUT2D eigenvalue weighted by molar-refractivity contribution is 5.78. The van der Waals surface area contributed by atoms with Gasteiger partial charge < -0.3 is 15.4 Å². The topological polar surface area (TPSA) is 105 Å². The number of methoxy groups -OCH3 is 1. The number of carbonyl (C=O) groups is 1. The second-order valence-electron chi connectivity index (χ2n) is 9.51. The molecule has 0 saturated heterocycles. The molecule has 1 saturated carbocycles. The zero-order chi connectivity index (χ0) is 25.2. The van der Waals surface area contributed by atoms with E-state index in [0.717, 1.165) is 24.8 Å². The summed E-state index contributed by atoms with van der Waals surface area (Å²) < 4.78 is 18.8. The van der Waals surface area contributed by atoms with Crippen molar-refractivity contribution in [2.45, 2.75) is 64.3 Å². The number of amides is 1. The van der Waals surface area contributed by atoms with Gasteiger partial charge in [-0.15, -0.1) is 0 Å². The molecule has 4 N–H and O–H groups in total. The number of hydrogen-bond acceptors (Lipinski definition) is 7. The fourth-order valence-electron chi connectivity index (χ4n) is 4.87. The standard InChI is InChI=1S/C26H39FN6O2/c1-18(21-9-10-22(27)19(2)13-21)14-23(20-7-5-4-6-8-20)33(28)16-25(34)30-12-11-29-24-15-26(35-3)32-17-31-24/h9-10,13,15,17-18,20,23H,4-8,11-12,14,16,28H2,1-3H3,(H,30,34)(H,29,31,32). The molecule has 1 aliphatic rings. The number of carbonyl (C=O) groups excluding carboxylic acids is 1. The van der Waals surface area contributed by atoms with Gasteiger partial charge in [0, 0.05) is 25.2 Å². The average molecular weight is 487 g/mol. The van der Waals surface area contributed by atoms with Crippen LogP contribution in [0.25, 0.3) is 0 Å². The van der Waals surface area contributed by atoms with Crippen molar-refractivity contribution in [3.05, 3.63) is 47.5 Å². The number of rotatable bonds is 12. The number of halogens is 1. The molecule has 1 fully saturated rings. The SMILES string of the molecule is COc1cc(NCCNC(=O)CN(N)C(CC(C)c2ccc(F)c(C)c2)C2CCCCC2)ncn1.